The number of rotatable bonds is 9. The summed E-state index contributed by atoms with van der Waals surface area (Å²) < 4.78 is 11.6. The van der Waals surface area contributed by atoms with Crippen molar-refractivity contribution < 1.29 is 9.47 Å². The second kappa shape index (κ2) is 13.2. The van der Waals surface area contributed by atoms with Crippen LogP contribution in [0, 0.1) is 6.92 Å². The van der Waals surface area contributed by atoms with Gasteiger partial charge in [-0.1, -0.05) is 12.1 Å². The Labute approximate surface area is 187 Å². The Bertz CT molecular complexity index is 604. The molecule has 1 unspecified atom stereocenters. The number of hydrogen-bond donors (Lipinski definition) is 2. The Hall–Kier alpha value is -1.06. The lowest BCUT2D eigenvalue weighted by molar-refractivity contribution is 0.140. The number of benzene rings is 1. The molecule has 160 valence electrons. The van der Waals surface area contributed by atoms with Crippen LogP contribution in [0.1, 0.15) is 38.3 Å². The van der Waals surface area contributed by atoms with E-state index in [0.717, 1.165) is 49.9 Å². The molecular weight excluding hydrogens is 467 g/mol. The smallest absolute Gasteiger partial charge is 0.191 e. The van der Waals surface area contributed by atoms with Crippen molar-refractivity contribution >= 4 is 29.9 Å². The summed E-state index contributed by atoms with van der Waals surface area (Å²) in [6, 6.07) is 6.86. The number of likely N-dealkylation sites (N-methyl/N-ethyl adjacent to an activating group) is 1. The molecule has 1 saturated heterocycles. The van der Waals surface area contributed by atoms with Gasteiger partial charge in [0.1, 0.15) is 11.9 Å². The van der Waals surface area contributed by atoms with Crippen LogP contribution in [-0.2, 0) is 11.3 Å². The Kier molecular flexibility index (Phi) is 11.8. The molecule has 1 aromatic carbocycles. The molecule has 7 heteroatoms. The molecule has 0 radical (unpaired) electrons. The van der Waals surface area contributed by atoms with Gasteiger partial charge in [0.05, 0.1) is 19.8 Å². The van der Waals surface area contributed by atoms with Gasteiger partial charge in [0.15, 0.2) is 5.96 Å². The molecule has 2 rings (SSSR count). The minimum atomic E-state index is 0. The highest BCUT2D eigenvalue weighted by atomic mass is 127. The van der Waals surface area contributed by atoms with Gasteiger partial charge in [-0.2, -0.15) is 0 Å². The second-order valence-electron chi connectivity index (χ2n) is 7.41. The molecule has 1 fully saturated rings. The Morgan fingerprint density at radius 3 is 2.79 bits per heavy atom. The highest BCUT2D eigenvalue weighted by Gasteiger charge is 2.18. The topological polar surface area (TPSA) is 58.1 Å². The van der Waals surface area contributed by atoms with E-state index in [9.17, 15) is 0 Å². The minimum absolute atomic E-state index is 0. The average Bonchev–Trinajstić information content (AvgIpc) is 3.13. The normalized spacial score (nSPS) is 17.0. The van der Waals surface area contributed by atoms with E-state index in [2.05, 4.69) is 68.5 Å². The van der Waals surface area contributed by atoms with E-state index >= 15 is 0 Å². The van der Waals surface area contributed by atoms with Crippen molar-refractivity contribution in [3.05, 3.63) is 29.3 Å². The van der Waals surface area contributed by atoms with E-state index in [0.29, 0.717) is 19.2 Å². The lowest BCUT2D eigenvalue weighted by atomic mass is 10.1. The summed E-state index contributed by atoms with van der Waals surface area (Å²) in [6.07, 6.45) is 1.09. The molecule has 0 saturated carbocycles. The van der Waals surface area contributed by atoms with Gasteiger partial charge in [0.25, 0.3) is 0 Å². The van der Waals surface area contributed by atoms with Gasteiger partial charge in [-0.15, -0.1) is 24.0 Å². The van der Waals surface area contributed by atoms with Crippen LogP contribution in [0.15, 0.2) is 23.2 Å². The fourth-order valence-electron chi connectivity index (χ4n) is 2.80. The van der Waals surface area contributed by atoms with Crippen LogP contribution < -0.4 is 15.4 Å². The van der Waals surface area contributed by atoms with Crippen molar-refractivity contribution in [2.45, 2.75) is 52.8 Å². The third-order valence-electron chi connectivity index (χ3n) is 4.79. The molecule has 0 bridgehead atoms. The molecule has 1 aliphatic rings. The van der Waals surface area contributed by atoms with Crippen molar-refractivity contribution in [2.75, 3.05) is 39.9 Å². The summed E-state index contributed by atoms with van der Waals surface area (Å²) in [6.45, 7) is 13.3. The summed E-state index contributed by atoms with van der Waals surface area (Å²) in [5.74, 6) is 1.76. The van der Waals surface area contributed by atoms with Gasteiger partial charge in [0.2, 0.25) is 0 Å². The SMILES string of the molecule is CCNC(=NCc1ccc(C)cc1OC1CCOC1)NCCN(C)C(C)C.I. The first kappa shape index (κ1) is 25.0. The average molecular weight is 504 g/mol. The lowest BCUT2D eigenvalue weighted by Gasteiger charge is -2.21. The van der Waals surface area contributed by atoms with Crippen molar-refractivity contribution in [3.8, 4) is 5.75 Å². The molecule has 0 aromatic heterocycles. The Balaban J connectivity index is 0.00000392. The predicted octanol–water partition coefficient (Wildman–Crippen LogP) is 3.18. The first-order chi connectivity index (χ1) is 13.0. The highest BCUT2D eigenvalue weighted by Crippen LogP contribution is 2.24. The number of ether oxygens (including phenoxy) is 2. The van der Waals surface area contributed by atoms with E-state index in [1.54, 1.807) is 0 Å². The molecule has 1 heterocycles. The number of nitrogens with one attached hydrogen (secondary N) is 2. The number of guanidine groups is 1. The van der Waals surface area contributed by atoms with Crippen molar-refractivity contribution in [2.24, 2.45) is 4.99 Å². The van der Waals surface area contributed by atoms with E-state index in [-0.39, 0.29) is 30.1 Å². The van der Waals surface area contributed by atoms with Gasteiger partial charge >= 0.3 is 0 Å². The maximum absolute atomic E-state index is 6.18. The predicted molar refractivity (Wildman–Crippen MR) is 127 cm³/mol. The first-order valence-electron chi connectivity index (χ1n) is 10.1. The van der Waals surface area contributed by atoms with Gasteiger partial charge in [-0.05, 0) is 46.4 Å². The number of aryl methyl sites for hydroxylation is 1. The minimum Gasteiger partial charge on any atom is -0.488 e. The molecular formula is C21H37IN4O2. The zero-order valence-electron chi connectivity index (χ0n) is 18.0. The molecule has 1 aliphatic heterocycles. The van der Waals surface area contributed by atoms with Crippen LogP contribution in [0.4, 0.5) is 0 Å². The lowest BCUT2D eigenvalue weighted by Crippen LogP contribution is -2.42. The van der Waals surface area contributed by atoms with Crippen molar-refractivity contribution in [3.63, 3.8) is 0 Å². The van der Waals surface area contributed by atoms with E-state index in [1.807, 2.05) is 0 Å². The Morgan fingerprint density at radius 1 is 1.36 bits per heavy atom. The third kappa shape index (κ3) is 8.53. The fraction of sp³-hybridized carbons (Fsp3) is 0.667. The standard InChI is InChI=1S/C21H36N4O2.HI/c1-6-22-21(23-10-11-25(5)16(2)3)24-14-18-8-7-17(4)13-20(18)27-19-9-12-26-15-19;/h7-8,13,16,19H,6,9-12,14-15H2,1-5H3,(H2,22,23,24);1H. The zero-order valence-corrected chi connectivity index (χ0v) is 20.3. The molecule has 0 amide bonds. The molecule has 1 atom stereocenters. The fourth-order valence-corrected chi connectivity index (χ4v) is 2.80. The first-order valence-corrected chi connectivity index (χ1v) is 10.1. The van der Waals surface area contributed by atoms with Crippen LogP contribution in [0.25, 0.3) is 0 Å². The highest BCUT2D eigenvalue weighted by molar-refractivity contribution is 14.0. The number of aliphatic imine (C=N–C) groups is 1. The largest absolute Gasteiger partial charge is 0.488 e. The molecule has 28 heavy (non-hydrogen) atoms. The third-order valence-corrected chi connectivity index (χ3v) is 4.79. The summed E-state index contributed by atoms with van der Waals surface area (Å²) in [5.41, 5.74) is 2.29. The van der Waals surface area contributed by atoms with E-state index < -0.39 is 0 Å². The van der Waals surface area contributed by atoms with Gasteiger partial charge in [-0.25, -0.2) is 4.99 Å². The number of nitrogens with zero attached hydrogens (tertiary/aromatic N) is 2. The van der Waals surface area contributed by atoms with E-state index in [4.69, 9.17) is 14.5 Å². The summed E-state index contributed by atoms with van der Waals surface area (Å²) >= 11 is 0. The van der Waals surface area contributed by atoms with Gasteiger partial charge in [0, 0.05) is 37.7 Å². The molecule has 2 N–H and O–H groups in total. The Morgan fingerprint density at radius 2 is 2.14 bits per heavy atom. The quantitative estimate of drug-likeness (QED) is 0.308. The summed E-state index contributed by atoms with van der Waals surface area (Å²) in [5, 5.41) is 6.74. The summed E-state index contributed by atoms with van der Waals surface area (Å²) in [4.78, 5) is 7.07. The number of hydrogen-bond acceptors (Lipinski definition) is 4. The van der Waals surface area contributed by atoms with Crippen LogP contribution >= 0.6 is 24.0 Å². The molecule has 6 nitrogen and oxygen atoms in total. The van der Waals surface area contributed by atoms with Crippen LogP contribution in [-0.4, -0.2) is 62.9 Å². The monoisotopic (exact) mass is 504 g/mol. The van der Waals surface area contributed by atoms with Crippen molar-refractivity contribution in [1.29, 1.82) is 0 Å². The van der Waals surface area contributed by atoms with E-state index in [1.165, 1.54) is 5.56 Å². The zero-order chi connectivity index (χ0) is 19.6. The summed E-state index contributed by atoms with van der Waals surface area (Å²) in [7, 11) is 2.14. The van der Waals surface area contributed by atoms with Gasteiger partial charge in [-0.3, -0.25) is 0 Å². The molecule has 1 aromatic rings. The second-order valence-corrected chi connectivity index (χ2v) is 7.41. The molecule has 0 aliphatic carbocycles. The van der Waals surface area contributed by atoms with Crippen LogP contribution in [0.2, 0.25) is 0 Å². The van der Waals surface area contributed by atoms with Crippen molar-refractivity contribution in [1.82, 2.24) is 15.5 Å². The maximum Gasteiger partial charge on any atom is 0.191 e. The molecule has 0 spiro atoms. The maximum atomic E-state index is 6.18. The van der Waals surface area contributed by atoms with Crippen LogP contribution in [0.5, 0.6) is 5.75 Å². The number of halogens is 1. The van der Waals surface area contributed by atoms with Gasteiger partial charge < -0.3 is 25.0 Å². The van der Waals surface area contributed by atoms with Crippen LogP contribution in [0.3, 0.4) is 0 Å².